The second-order valence-corrected chi connectivity index (χ2v) is 5.82. The number of nitrogens with two attached hydrogens (primary N) is 1. The van der Waals surface area contributed by atoms with Gasteiger partial charge in [0.05, 0.1) is 0 Å². The molecule has 1 atom stereocenters. The Morgan fingerprint density at radius 2 is 1.95 bits per heavy atom. The summed E-state index contributed by atoms with van der Waals surface area (Å²) in [5.74, 6) is 1.74. The summed E-state index contributed by atoms with van der Waals surface area (Å²) < 4.78 is 10.8. The zero-order chi connectivity index (χ0) is 14.1. The highest BCUT2D eigenvalue weighted by Crippen LogP contribution is 2.32. The molecule has 2 aliphatic rings. The van der Waals surface area contributed by atoms with Crippen LogP contribution in [0.5, 0.6) is 11.5 Å². The Morgan fingerprint density at radius 1 is 1.05 bits per heavy atom. The van der Waals surface area contributed by atoms with E-state index >= 15 is 0 Å². The second-order valence-electron chi connectivity index (χ2n) is 5.82. The fourth-order valence-corrected chi connectivity index (χ4v) is 3.38. The molecule has 0 fully saturated rings. The SMILES string of the molecule is c1ccc2c(c1)CCC[C@H]2[NH2+]Cc1ccc2c(c1)OCO2. The molecule has 1 aliphatic heterocycles. The molecule has 0 amide bonds. The van der Waals surface area contributed by atoms with Gasteiger partial charge in [0.2, 0.25) is 6.79 Å². The minimum absolute atomic E-state index is 0.346. The van der Waals surface area contributed by atoms with E-state index in [1.165, 1.54) is 36.0 Å². The Morgan fingerprint density at radius 3 is 2.95 bits per heavy atom. The summed E-state index contributed by atoms with van der Waals surface area (Å²) in [6.45, 7) is 1.33. The molecule has 0 aromatic heterocycles. The quantitative estimate of drug-likeness (QED) is 0.939. The maximum Gasteiger partial charge on any atom is 0.231 e. The van der Waals surface area contributed by atoms with Gasteiger partial charge in [-0.2, -0.15) is 0 Å². The summed E-state index contributed by atoms with van der Waals surface area (Å²) >= 11 is 0. The standard InChI is InChI=1S/C18H19NO2/c1-2-6-15-14(4-1)5-3-7-16(15)19-11-13-8-9-17-18(10-13)21-12-20-17/h1-2,4,6,8-10,16,19H,3,5,7,11-12H2/p+1/t16-/m1/s1. The number of fused-ring (bicyclic) bond motifs is 2. The van der Waals surface area contributed by atoms with Crippen molar-refractivity contribution in [2.24, 2.45) is 0 Å². The van der Waals surface area contributed by atoms with Gasteiger partial charge in [0, 0.05) is 17.5 Å². The highest BCUT2D eigenvalue weighted by atomic mass is 16.7. The van der Waals surface area contributed by atoms with Crippen LogP contribution in [0.3, 0.4) is 0 Å². The lowest BCUT2D eigenvalue weighted by molar-refractivity contribution is -0.712. The summed E-state index contributed by atoms with van der Waals surface area (Å²) in [4.78, 5) is 0. The van der Waals surface area contributed by atoms with Crippen LogP contribution in [0.15, 0.2) is 42.5 Å². The lowest BCUT2D eigenvalue weighted by atomic mass is 9.87. The average molecular weight is 282 g/mol. The van der Waals surface area contributed by atoms with Crippen LogP contribution in [-0.4, -0.2) is 6.79 Å². The summed E-state index contributed by atoms with van der Waals surface area (Å²) in [6, 6.07) is 15.7. The van der Waals surface area contributed by atoms with Gasteiger partial charge in [-0.25, -0.2) is 0 Å². The van der Waals surface area contributed by atoms with Crippen LogP contribution in [0.2, 0.25) is 0 Å². The van der Waals surface area contributed by atoms with Crippen LogP contribution in [0.4, 0.5) is 0 Å². The lowest BCUT2D eigenvalue weighted by Crippen LogP contribution is -2.84. The Kier molecular flexibility index (Phi) is 3.28. The van der Waals surface area contributed by atoms with Crippen molar-refractivity contribution in [3.8, 4) is 11.5 Å². The van der Waals surface area contributed by atoms with E-state index in [9.17, 15) is 0 Å². The fraction of sp³-hybridized carbons (Fsp3) is 0.333. The largest absolute Gasteiger partial charge is 0.454 e. The predicted molar refractivity (Wildman–Crippen MR) is 80.3 cm³/mol. The first-order valence-corrected chi connectivity index (χ1v) is 7.70. The van der Waals surface area contributed by atoms with E-state index < -0.39 is 0 Å². The highest BCUT2D eigenvalue weighted by Gasteiger charge is 2.22. The molecule has 0 unspecified atom stereocenters. The van der Waals surface area contributed by atoms with E-state index in [1.807, 2.05) is 6.07 Å². The number of hydrogen-bond donors (Lipinski definition) is 1. The molecule has 2 N–H and O–H groups in total. The molecule has 0 saturated heterocycles. The van der Waals surface area contributed by atoms with Gasteiger partial charge in [-0.05, 0) is 36.6 Å². The van der Waals surface area contributed by atoms with Gasteiger partial charge in [-0.3, -0.25) is 0 Å². The first-order chi connectivity index (χ1) is 10.4. The van der Waals surface area contributed by atoms with Gasteiger partial charge in [-0.1, -0.05) is 24.3 Å². The lowest BCUT2D eigenvalue weighted by Gasteiger charge is -2.23. The van der Waals surface area contributed by atoms with Crippen LogP contribution >= 0.6 is 0 Å². The third-order valence-corrected chi connectivity index (χ3v) is 4.49. The molecule has 3 nitrogen and oxygen atoms in total. The molecule has 1 heterocycles. The molecule has 3 heteroatoms. The van der Waals surface area contributed by atoms with E-state index in [0.29, 0.717) is 12.8 Å². The maximum atomic E-state index is 5.45. The first kappa shape index (κ1) is 12.7. The molecule has 1 aliphatic carbocycles. The van der Waals surface area contributed by atoms with Gasteiger partial charge in [0.15, 0.2) is 11.5 Å². The summed E-state index contributed by atoms with van der Waals surface area (Å²) in [6.07, 6.45) is 3.78. The third-order valence-electron chi connectivity index (χ3n) is 4.49. The van der Waals surface area contributed by atoms with Gasteiger partial charge < -0.3 is 14.8 Å². The Hall–Kier alpha value is -2.00. The monoisotopic (exact) mass is 282 g/mol. The van der Waals surface area contributed by atoms with E-state index in [1.54, 1.807) is 0 Å². The molecule has 2 aromatic rings. The van der Waals surface area contributed by atoms with Gasteiger partial charge in [0.1, 0.15) is 12.6 Å². The van der Waals surface area contributed by atoms with Crippen LogP contribution in [0, 0.1) is 0 Å². The zero-order valence-corrected chi connectivity index (χ0v) is 12.0. The number of aryl methyl sites for hydroxylation is 1. The average Bonchev–Trinajstić information content (AvgIpc) is 3.00. The summed E-state index contributed by atoms with van der Waals surface area (Å²) in [5, 5.41) is 2.45. The van der Waals surface area contributed by atoms with Crippen LogP contribution < -0.4 is 14.8 Å². The molecule has 0 radical (unpaired) electrons. The van der Waals surface area contributed by atoms with Crippen molar-refractivity contribution in [1.29, 1.82) is 0 Å². The van der Waals surface area contributed by atoms with Gasteiger partial charge in [-0.15, -0.1) is 0 Å². The molecule has 0 saturated carbocycles. The molecule has 2 aromatic carbocycles. The molecule has 0 bridgehead atoms. The minimum Gasteiger partial charge on any atom is -0.454 e. The van der Waals surface area contributed by atoms with Crippen molar-refractivity contribution in [2.45, 2.75) is 31.8 Å². The number of quaternary nitrogens is 1. The van der Waals surface area contributed by atoms with E-state index in [2.05, 4.69) is 41.7 Å². The summed E-state index contributed by atoms with van der Waals surface area (Å²) in [7, 11) is 0. The van der Waals surface area contributed by atoms with Crippen molar-refractivity contribution in [3.05, 3.63) is 59.2 Å². The van der Waals surface area contributed by atoms with Crippen molar-refractivity contribution in [2.75, 3.05) is 6.79 Å². The topological polar surface area (TPSA) is 35.1 Å². The Labute approximate surface area is 124 Å². The fourth-order valence-electron chi connectivity index (χ4n) is 3.38. The number of ether oxygens (including phenoxy) is 2. The minimum atomic E-state index is 0.346. The third kappa shape index (κ3) is 2.49. The van der Waals surface area contributed by atoms with E-state index in [-0.39, 0.29) is 0 Å². The highest BCUT2D eigenvalue weighted by molar-refractivity contribution is 5.44. The molecular formula is C18H20NO2+. The normalized spacial score (nSPS) is 19.3. The van der Waals surface area contributed by atoms with Gasteiger partial charge in [0.25, 0.3) is 0 Å². The van der Waals surface area contributed by atoms with Crippen molar-refractivity contribution in [3.63, 3.8) is 0 Å². The Bertz CT molecular complexity index is 653. The Balaban J connectivity index is 1.48. The molecular weight excluding hydrogens is 262 g/mol. The first-order valence-electron chi connectivity index (χ1n) is 7.70. The van der Waals surface area contributed by atoms with Crippen molar-refractivity contribution in [1.82, 2.24) is 0 Å². The number of hydrogen-bond acceptors (Lipinski definition) is 2. The molecule has 0 spiro atoms. The number of rotatable bonds is 3. The zero-order valence-electron chi connectivity index (χ0n) is 12.0. The van der Waals surface area contributed by atoms with Crippen molar-refractivity contribution < 1.29 is 14.8 Å². The second kappa shape index (κ2) is 5.41. The maximum absolute atomic E-state index is 5.45. The van der Waals surface area contributed by atoms with E-state index in [4.69, 9.17) is 9.47 Å². The van der Waals surface area contributed by atoms with Crippen molar-refractivity contribution >= 4 is 0 Å². The number of benzene rings is 2. The van der Waals surface area contributed by atoms with Crippen LogP contribution in [-0.2, 0) is 13.0 Å². The predicted octanol–water partition coefficient (Wildman–Crippen LogP) is 2.56. The molecule has 4 rings (SSSR count). The molecule has 108 valence electrons. The van der Waals surface area contributed by atoms with E-state index in [0.717, 1.165) is 18.0 Å². The molecule has 21 heavy (non-hydrogen) atoms. The van der Waals surface area contributed by atoms with Crippen LogP contribution in [0.25, 0.3) is 0 Å². The van der Waals surface area contributed by atoms with Gasteiger partial charge >= 0.3 is 0 Å². The summed E-state index contributed by atoms with van der Waals surface area (Å²) in [5.41, 5.74) is 4.34. The smallest absolute Gasteiger partial charge is 0.231 e. The van der Waals surface area contributed by atoms with Crippen LogP contribution in [0.1, 0.15) is 35.6 Å².